The first-order valence-corrected chi connectivity index (χ1v) is 8.51. The lowest BCUT2D eigenvalue weighted by molar-refractivity contribution is -0.386. The van der Waals surface area contributed by atoms with Gasteiger partial charge in [0.15, 0.2) is 0 Å². The summed E-state index contributed by atoms with van der Waals surface area (Å²) in [4.78, 5) is 39.7. The molecule has 0 heterocycles. The molecule has 0 unspecified atom stereocenters. The Hall–Kier alpha value is -4.27. The van der Waals surface area contributed by atoms with Crippen molar-refractivity contribution in [1.82, 2.24) is 0 Å². The second-order valence-corrected chi connectivity index (χ2v) is 7.25. The van der Waals surface area contributed by atoms with E-state index >= 15 is 0 Å². The summed E-state index contributed by atoms with van der Waals surface area (Å²) in [5, 5.41) is 59.3. The number of sulfone groups is 1. The third-order valence-electron chi connectivity index (χ3n) is 3.60. The molecule has 0 saturated carbocycles. The van der Waals surface area contributed by atoms with Gasteiger partial charge in [-0.1, -0.05) is 0 Å². The van der Waals surface area contributed by atoms with Crippen LogP contribution in [-0.2, 0) is 9.84 Å². The van der Waals surface area contributed by atoms with Crippen molar-refractivity contribution < 1.29 is 48.3 Å². The molecule has 0 saturated heterocycles. The predicted molar refractivity (Wildman–Crippen MR) is 88.9 cm³/mol. The zero-order valence-corrected chi connectivity index (χ0v) is 14.5. The molecule has 0 atom stereocenters. The van der Waals surface area contributed by atoms with Crippen molar-refractivity contribution in [3.63, 3.8) is 0 Å². The molecule has 0 spiro atoms. The number of nitro benzene ring substituents is 2. The molecule has 0 aliphatic heterocycles. The fraction of sp³-hybridized carbons (Fsp3) is 0. The molecule has 0 aliphatic carbocycles. The number of nitrogens with zero attached hydrogens (tertiary/aromatic N) is 2. The Balaban J connectivity index is 2.90. The number of rotatable bonds is 6. The van der Waals surface area contributed by atoms with E-state index in [1.165, 1.54) is 0 Å². The first kappa shape index (κ1) is 21.0. The molecule has 0 aromatic heterocycles. The molecule has 2 aromatic rings. The van der Waals surface area contributed by atoms with Gasteiger partial charge in [0.2, 0.25) is 21.3 Å². The van der Waals surface area contributed by atoms with Gasteiger partial charge < -0.3 is 20.4 Å². The molecule has 0 aliphatic rings. The number of aromatic carboxylic acids is 2. The van der Waals surface area contributed by atoms with Crippen LogP contribution in [0.15, 0.2) is 34.1 Å². The second-order valence-electron chi connectivity index (χ2n) is 5.31. The Morgan fingerprint density at radius 2 is 1.07 bits per heavy atom. The number of carboxylic acid groups (broad SMARTS) is 2. The van der Waals surface area contributed by atoms with Crippen LogP contribution in [0.2, 0.25) is 0 Å². The van der Waals surface area contributed by atoms with Crippen molar-refractivity contribution in [2.75, 3.05) is 0 Å². The molecule has 15 heteroatoms. The van der Waals surface area contributed by atoms with Crippen molar-refractivity contribution in [3.05, 3.63) is 55.6 Å². The molecule has 4 N–H and O–H groups in total. The summed E-state index contributed by atoms with van der Waals surface area (Å²) < 4.78 is 25.5. The number of hydrogen-bond acceptors (Lipinski definition) is 10. The van der Waals surface area contributed by atoms with E-state index < -0.39 is 75.4 Å². The molecule has 0 fully saturated rings. The molecular weight excluding hydrogens is 420 g/mol. The SMILES string of the molecule is O=C(O)c1cc(S(=O)(=O)c2cc(C(=O)O)c(O)c([N+](=O)[O-])c2)cc([N+](=O)[O-])c1O. The third kappa shape index (κ3) is 3.61. The van der Waals surface area contributed by atoms with Crippen LogP contribution in [0.1, 0.15) is 20.7 Å². The lowest BCUT2D eigenvalue weighted by Gasteiger charge is -2.09. The number of aromatic hydroxyl groups is 2. The lowest BCUT2D eigenvalue weighted by Crippen LogP contribution is -2.09. The number of benzene rings is 2. The standard InChI is InChI=1S/C14H8N2O12S/c17-11-7(13(19)20)1-5(3-9(11)15(23)24)29(27,28)6-2-8(14(21)22)12(18)10(4-6)16(25)26/h1-4,17-18H,(H,19,20)(H,21,22). The average molecular weight is 428 g/mol. The van der Waals surface area contributed by atoms with E-state index in [0.717, 1.165) is 0 Å². The van der Waals surface area contributed by atoms with E-state index in [-0.39, 0.29) is 0 Å². The normalized spacial score (nSPS) is 11.0. The van der Waals surface area contributed by atoms with Crippen LogP contribution in [-0.4, -0.2) is 50.6 Å². The molecule has 0 amide bonds. The minimum atomic E-state index is -4.95. The number of nitro groups is 2. The summed E-state index contributed by atoms with van der Waals surface area (Å²) in [6.45, 7) is 0. The molecule has 2 rings (SSSR count). The van der Waals surface area contributed by atoms with Crippen LogP contribution < -0.4 is 0 Å². The van der Waals surface area contributed by atoms with E-state index in [9.17, 15) is 48.4 Å². The van der Waals surface area contributed by atoms with Gasteiger partial charge in [-0.25, -0.2) is 18.0 Å². The van der Waals surface area contributed by atoms with Gasteiger partial charge in [-0.05, 0) is 12.1 Å². The summed E-state index contributed by atoms with van der Waals surface area (Å²) in [7, 11) is -4.95. The van der Waals surface area contributed by atoms with E-state index in [4.69, 9.17) is 10.2 Å². The van der Waals surface area contributed by atoms with Crippen molar-refractivity contribution in [1.29, 1.82) is 0 Å². The van der Waals surface area contributed by atoms with Gasteiger partial charge in [-0.2, -0.15) is 0 Å². The Kier molecular flexibility index (Phi) is 5.11. The number of phenols is 2. The highest BCUT2D eigenvalue weighted by molar-refractivity contribution is 7.91. The van der Waals surface area contributed by atoms with Gasteiger partial charge in [0.25, 0.3) is 0 Å². The summed E-state index contributed by atoms with van der Waals surface area (Å²) >= 11 is 0. The Labute approximate surface area is 159 Å². The van der Waals surface area contributed by atoms with Crippen molar-refractivity contribution in [3.8, 4) is 11.5 Å². The Morgan fingerprint density at radius 3 is 1.31 bits per heavy atom. The third-order valence-corrected chi connectivity index (χ3v) is 5.31. The molecular formula is C14H8N2O12S. The van der Waals surface area contributed by atoms with Gasteiger partial charge >= 0.3 is 23.3 Å². The zero-order chi connectivity index (χ0) is 22.3. The van der Waals surface area contributed by atoms with Crippen LogP contribution >= 0.6 is 0 Å². The van der Waals surface area contributed by atoms with Gasteiger partial charge in [0.05, 0.1) is 19.6 Å². The fourth-order valence-electron chi connectivity index (χ4n) is 2.24. The highest BCUT2D eigenvalue weighted by Gasteiger charge is 2.32. The van der Waals surface area contributed by atoms with E-state index in [1.807, 2.05) is 0 Å². The van der Waals surface area contributed by atoms with Gasteiger partial charge in [-0.15, -0.1) is 0 Å². The van der Waals surface area contributed by atoms with Crippen molar-refractivity contribution >= 4 is 33.2 Å². The maximum absolute atomic E-state index is 12.8. The predicted octanol–water partition coefficient (Wildman–Crippen LogP) is 1.14. The summed E-state index contributed by atoms with van der Waals surface area (Å²) in [6, 6.07) is 1.32. The molecule has 0 radical (unpaired) electrons. The minimum Gasteiger partial charge on any atom is -0.501 e. The highest BCUT2D eigenvalue weighted by atomic mass is 32.2. The van der Waals surface area contributed by atoms with Crippen LogP contribution in [0.3, 0.4) is 0 Å². The van der Waals surface area contributed by atoms with Crippen LogP contribution in [0.4, 0.5) is 11.4 Å². The quantitative estimate of drug-likeness (QED) is 0.374. The largest absolute Gasteiger partial charge is 0.501 e. The first-order chi connectivity index (χ1) is 13.3. The lowest BCUT2D eigenvalue weighted by atomic mass is 10.1. The first-order valence-electron chi connectivity index (χ1n) is 7.03. The van der Waals surface area contributed by atoms with Crippen molar-refractivity contribution in [2.45, 2.75) is 9.79 Å². The maximum atomic E-state index is 12.8. The number of carbonyl (C=O) groups is 2. The molecule has 14 nitrogen and oxygen atoms in total. The molecule has 2 aromatic carbocycles. The number of carboxylic acids is 2. The average Bonchev–Trinajstić information content (AvgIpc) is 2.60. The Morgan fingerprint density at radius 1 is 0.759 bits per heavy atom. The summed E-state index contributed by atoms with van der Waals surface area (Å²) in [6.07, 6.45) is 0. The zero-order valence-electron chi connectivity index (χ0n) is 13.7. The maximum Gasteiger partial charge on any atom is 0.339 e. The smallest absolute Gasteiger partial charge is 0.339 e. The van der Waals surface area contributed by atoms with Crippen LogP contribution in [0, 0.1) is 20.2 Å². The van der Waals surface area contributed by atoms with E-state index in [2.05, 4.69) is 0 Å². The number of hydrogen-bond donors (Lipinski definition) is 4. The van der Waals surface area contributed by atoms with Gasteiger partial charge in [0, 0.05) is 12.1 Å². The molecule has 29 heavy (non-hydrogen) atoms. The molecule has 0 bridgehead atoms. The molecule has 152 valence electrons. The van der Waals surface area contributed by atoms with Crippen LogP contribution in [0.5, 0.6) is 11.5 Å². The monoisotopic (exact) mass is 428 g/mol. The van der Waals surface area contributed by atoms with E-state index in [1.54, 1.807) is 0 Å². The Bertz CT molecular complexity index is 1040. The summed E-state index contributed by atoms with van der Waals surface area (Å²) in [5.74, 6) is -6.48. The highest BCUT2D eigenvalue weighted by Crippen LogP contribution is 2.38. The summed E-state index contributed by atoms with van der Waals surface area (Å²) in [5.41, 5.74) is -4.86. The second kappa shape index (κ2) is 7.04. The topological polar surface area (TPSA) is 235 Å². The van der Waals surface area contributed by atoms with Crippen molar-refractivity contribution in [2.24, 2.45) is 0 Å². The fourth-order valence-corrected chi connectivity index (χ4v) is 3.59. The van der Waals surface area contributed by atoms with Crippen LogP contribution in [0.25, 0.3) is 0 Å². The van der Waals surface area contributed by atoms with E-state index in [0.29, 0.717) is 24.3 Å². The minimum absolute atomic E-state index is 0.302. The van der Waals surface area contributed by atoms with Gasteiger partial charge in [-0.3, -0.25) is 20.2 Å². The van der Waals surface area contributed by atoms with Gasteiger partial charge in [0.1, 0.15) is 11.1 Å².